The Bertz CT molecular complexity index is 1070. The Hall–Kier alpha value is -3.39. The van der Waals surface area contributed by atoms with Crippen molar-refractivity contribution in [3.05, 3.63) is 68.9 Å². The summed E-state index contributed by atoms with van der Waals surface area (Å²) in [5, 5.41) is 15.6. The average molecular weight is 402 g/mol. The number of hydrogen-bond donors (Lipinski definition) is 1. The molecule has 0 aliphatic carbocycles. The van der Waals surface area contributed by atoms with Gasteiger partial charge in [-0.05, 0) is 49.7 Å². The number of carbonyl (C=O) groups excluding carboxylic acids is 1. The molecule has 1 N–H and O–H groups in total. The second kappa shape index (κ2) is 8.10. The Balaban J connectivity index is 1.69. The number of nitro groups is 1. The molecule has 28 heavy (non-hydrogen) atoms. The van der Waals surface area contributed by atoms with E-state index in [-0.39, 0.29) is 17.6 Å². The molecule has 9 heteroatoms. The molecule has 0 unspecified atom stereocenters. The lowest BCUT2D eigenvalue weighted by molar-refractivity contribution is -0.384. The fraction of sp³-hybridized carbons (Fsp3) is 0.158. The number of ether oxygens (including phenoxy) is 1. The minimum absolute atomic E-state index is 0.00143. The van der Waals surface area contributed by atoms with Gasteiger partial charge >= 0.3 is 5.91 Å². The van der Waals surface area contributed by atoms with Crippen LogP contribution < -0.4 is 10.2 Å². The normalized spacial score (nSPS) is 11.3. The first-order valence-corrected chi connectivity index (χ1v) is 8.69. The summed E-state index contributed by atoms with van der Waals surface area (Å²) in [4.78, 5) is 22.5. The number of hydrazone groups is 1. The monoisotopic (exact) mass is 401 g/mol. The van der Waals surface area contributed by atoms with E-state index in [2.05, 4.69) is 10.5 Å². The van der Waals surface area contributed by atoms with Crippen LogP contribution in [0, 0.1) is 10.1 Å². The third kappa shape index (κ3) is 4.47. The van der Waals surface area contributed by atoms with Crippen LogP contribution >= 0.6 is 11.6 Å². The molecule has 0 atom stereocenters. The van der Waals surface area contributed by atoms with Gasteiger partial charge in [-0.3, -0.25) is 14.9 Å². The summed E-state index contributed by atoms with van der Waals surface area (Å²) in [6.45, 7) is 3.80. The second-order valence-corrected chi connectivity index (χ2v) is 6.55. The summed E-state index contributed by atoms with van der Waals surface area (Å²) >= 11 is 6.15. The van der Waals surface area contributed by atoms with Crippen LogP contribution in [0.5, 0.6) is 5.75 Å². The van der Waals surface area contributed by atoms with Crippen molar-refractivity contribution in [3.8, 4) is 5.75 Å². The number of amides is 1. The largest absolute Gasteiger partial charge is 0.489 e. The topological polar surface area (TPSA) is 107 Å². The van der Waals surface area contributed by atoms with E-state index in [1.165, 1.54) is 30.5 Å². The molecular weight excluding hydrogens is 386 g/mol. The third-order valence-electron chi connectivity index (χ3n) is 3.63. The molecule has 0 bridgehead atoms. The highest BCUT2D eigenvalue weighted by Gasteiger charge is 2.14. The van der Waals surface area contributed by atoms with Crippen LogP contribution in [-0.2, 0) is 0 Å². The smallest absolute Gasteiger partial charge is 0.307 e. The molecule has 0 spiro atoms. The molecule has 0 radical (unpaired) electrons. The standard InChI is InChI=1S/C19H16ClN3O5/c1-11(2)27-17-5-3-12(7-15(17)20)10-21-22-19(24)18-9-13-8-14(23(25)26)4-6-16(13)28-18/h3-11H,1-2H3,(H,22,24)/b21-10+. The fourth-order valence-corrected chi connectivity index (χ4v) is 2.66. The Morgan fingerprint density at radius 3 is 2.75 bits per heavy atom. The van der Waals surface area contributed by atoms with Crippen molar-refractivity contribution in [2.45, 2.75) is 20.0 Å². The molecule has 1 heterocycles. The lowest BCUT2D eigenvalue weighted by Crippen LogP contribution is -2.16. The predicted molar refractivity (Wildman–Crippen MR) is 105 cm³/mol. The van der Waals surface area contributed by atoms with Crippen molar-refractivity contribution in [1.29, 1.82) is 0 Å². The van der Waals surface area contributed by atoms with Crippen molar-refractivity contribution < 1.29 is 18.9 Å². The number of non-ortho nitro benzene ring substituents is 1. The molecule has 0 saturated carbocycles. The Kier molecular flexibility index (Phi) is 5.60. The molecule has 2 aromatic carbocycles. The number of benzene rings is 2. The van der Waals surface area contributed by atoms with E-state index < -0.39 is 10.8 Å². The average Bonchev–Trinajstić information content (AvgIpc) is 3.07. The molecule has 3 aromatic rings. The Labute approximate surface area is 164 Å². The Morgan fingerprint density at radius 1 is 1.29 bits per heavy atom. The first-order chi connectivity index (χ1) is 13.3. The van der Waals surface area contributed by atoms with E-state index in [9.17, 15) is 14.9 Å². The van der Waals surface area contributed by atoms with Gasteiger partial charge in [0, 0.05) is 17.5 Å². The zero-order valence-corrected chi connectivity index (χ0v) is 15.8. The van der Waals surface area contributed by atoms with Gasteiger partial charge in [-0.15, -0.1) is 0 Å². The van der Waals surface area contributed by atoms with Gasteiger partial charge in [0.25, 0.3) is 5.69 Å². The molecule has 1 amide bonds. The van der Waals surface area contributed by atoms with Crippen LogP contribution in [0.25, 0.3) is 11.0 Å². The van der Waals surface area contributed by atoms with Gasteiger partial charge in [0.1, 0.15) is 11.3 Å². The molecule has 144 valence electrons. The number of rotatable bonds is 6. The van der Waals surface area contributed by atoms with Gasteiger partial charge in [0.15, 0.2) is 5.76 Å². The Morgan fingerprint density at radius 2 is 2.07 bits per heavy atom. The lowest BCUT2D eigenvalue weighted by atomic mass is 10.2. The molecule has 3 rings (SSSR count). The maximum absolute atomic E-state index is 12.2. The van der Waals surface area contributed by atoms with Crippen molar-refractivity contribution in [2.24, 2.45) is 5.10 Å². The number of hydrogen-bond acceptors (Lipinski definition) is 6. The summed E-state index contributed by atoms with van der Waals surface area (Å²) in [6.07, 6.45) is 1.43. The van der Waals surface area contributed by atoms with E-state index >= 15 is 0 Å². The highest BCUT2D eigenvalue weighted by Crippen LogP contribution is 2.26. The molecule has 1 aromatic heterocycles. The summed E-state index contributed by atoms with van der Waals surface area (Å²) < 4.78 is 10.9. The number of nitrogens with one attached hydrogen (secondary N) is 1. The van der Waals surface area contributed by atoms with E-state index in [1.807, 2.05) is 13.8 Å². The number of nitrogens with zero attached hydrogens (tertiary/aromatic N) is 2. The molecule has 0 fully saturated rings. The molecular formula is C19H16ClN3O5. The van der Waals surface area contributed by atoms with Gasteiger partial charge in [-0.25, -0.2) is 5.43 Å². The maximum atomic E-state index is 12.2. The van der Waals surface area contributed by atoms with Crippen LogP contribution in [0.4, 0.5) is 5.69 Å². The van der Waals surface area contributed by atoms with Gasteiger partial charge in [-0.1, -0.05) is 11.6 Å². The second-order valence-electron chi connectivity index (χ2n) is 6.15. The van der Waals surface area contributed by atoms with E-state index in [4.69, 9.17) is 20.8 Å². The first kappa shape index (κ1) is 19.4. The fourth-order valence-electron chi connectivity index (χ4n) is 2.42. The molecule has 0 saturated heterocycles. The highest BCUT2D eigenvalue weighted by atomic mass is 35.5. The molecule has 0 aliphatic rings. The lowest BCUT2D eigenvalue weighted by Gasteiger charge is -2.11. The number of furan rings is 1. The van der Waals surface area contributed by atoms with Crippen LogP contribution in [0.3, 0.4) is 0 Å². The zero-order valence-electron chi connectivity index (χ0n) is 15.0. The first-order valence-electron chi connectivity index (χ1n) is 8.31. The van der Waals surface area contributed by atoms with E-state index in [1.54, 1.807) is 18.2 Å². The van der Waals surface area contributed by atoms with Gasteiger partial charge in [-0.2, -0.15) is 5.10 Å². The summed E-state index contributed by atoms with van der Waals surface area (Å²) in [5.41, 5.74) is 3.29. The zero-order chi connectivity index (χ0) is 20.3. The summed E-state index contributed by atoms with van der Waals surface area (Å²) in [7, 11) is 0. The quantitative estimate of drug-likeness (QED) is 0.370. The van der Waals surface area contributed by atoms with E-state index in [0.29, 0.717) is 27.3 Å². The van der Waals surface area contributed by atoms with Crippen molar-refractivity contribution >= 4 is 40.4 Å². The number of nitro benzene ring substituents is 1. The molecule has 0 aliphatic heterocycles. The SMILES string of the molecule is CC(C)Oc1ccc(/C=N/NC(=O)c2cc3cc([N+](=O)[O-])ccc3o2)cc1Cl. The highest BCUT2D eigenvalue weighted by molar-refractivity contribution is 6.32. The predicted octanol–water partition coefficient (Wildman–Crippen LogP) is 4.55. The van der Waals surface area contributed by atoms with Crippen LogP contribution in [0.15, 0.2) is 52.0 Å². The summed E-state index contributed by atoms with van der Waals surface area (Å²) in [5.74, 6) is -0.0263. The van der Waals surface area contributed by atoms with Gasteiger partial charge in [0.2, 0.25) is 0 Å². The van der Waals surface area contributed by atoms with Crippen LogP contribution in [-0.4, -0.2) is 23.1 Å². The minimum atomic E-state index is -0.582. The van der Waals surface area contributed by atoms with Gasteiger partial charge in [0.05, 0.1) is 22.3 Å². The van der Waals surface area contributed by atoms with Crippen molar-refractivity contribution in [1.82, 2.24) is 5.43 Å². The minimum Gasteiger partial charge on any atom is -0.489 e. The molecule has 8 nitrogen and oxygen atoms in total. The van der Waals surface area contributed by atoms with Crippen LogP contribution in [0.2, 0.25) is 5.02 Å². The third-order valence-corrected chi connectivity index (χ3v) is 3.93. The number of fused-ring (bicyclic) bond motifs is 1. The maximum Gasteiger partial charge on any atom is 0.307 e. The van der Waals surface area contributed by atoms with Gasteiger partial charge < -0.3 is 9.15 Å². The van der Waals surface area contributed by atoms with E-state index in [0.717, 1.165) is 0 Å². The van der Waals surface area contributed by atoms with Crippen molar-refractivity contribution in [2.75, 3.05) is 0 Å². The summed E-state index contributed by atoms with van der Waals surface area (Å²) in [6, 6.07) is 10.6. The number of halogens is 1. The number of carbonyl (C=O) groups is 1. The van der Waals surface area contributed by atoms with Crippen LogP contribution in [0.1, 0.15) is 30.0 Å². The van der Waals surface area contributed by atoms with Crippen molar-refractivity contribution in [3.63, 3.8) is 0 Å².